The maximum absolute atomic E-state index is 12.9. The molecule has 0 fully saturated rings. The van der Waals surface area contributed by atoms with Crippen molar-refractivity contribution in [3.8, 4) is 11.5 Å². The fourth-order valence-electron chi connectivity index (χ4n) is 2.96. The first-order chi connectivity index (χ1) is 17.2. The minimum atomic E-state index is -4.54. The number of ether oxygens (including phenoxy) is 2. The number of benzene rings is 3. The molecule has 0 aliphatic heterocycles. The number of anilines is 1. The number of aromatic nitrogens is 2. The normalized spacial score (nSPS) is 11.2. The summed E-state index contributed by atoms with van der Waals surface area (Å²) in [5.74, 6) is 0.0269. The average molecular weight is 566 g/mol. The van der Waals surface area contributed by atoms with Crippen LogP contribution in [0.3, 0.4) is 0 Å². The summed E-state index contributed by atoms with van der Waals surface area (Å²) in [4.78, 5) is 12.9. The minimum Gasteiger partial charge on any atom is -0.489 e. The van der Waals surface area contributed by atoms with Crippen molar-refractivity contribution < 1.29 is 27.2 Å². The van der Waals surface area contributed by atoms with Gasteiger partial charge in [0.2, 0.25) is 5.13 Å². The van der Waals surface area contributed by atoms with Gasteiger partial charge in [-0.1, -0.05) is 70.9 Å². The summed E-state index contributed by atoms with van der Waals surface area (Å²) in [5.41, 5.74) is 1.64. The highest BCUT2D eigenvalue weighted by molar-refractivity contribution is 7.88. The van der Waals surface area contributed by atoms with Gasteiger partial charge in [-0.05, 0) is 24.3 Å². The van der Waals surface area contributed by atoms with Crippen LogP contribution in [-0.4, -0.2) is 29.1 Å². The van der Waals surface area contributed by atoms with Crippen molar-refractivity contribution in [1.29, 1.82) is 0 Å². The van der Waals surface area contributed by atoms with Crippen LogP contribution in [0.4, 0.5) is 5.13 Å². The molecule has 1 amide bonds. The van der Waals surface area contributed by atoms with Gasteiger partial charge in [0.25, 0.3) is 10.2 Å². The van der Waals surface area contributed by atoms with E-state index in [4.69, 9.17) is 37.2 Å². The first-order valence-corrected chi connectivity index (χ1v) is 13.2. The van der Waals surface area contributed by atoms with Crippen molar-refractivity contribution in [2.75, 3.05) is 5.32 Å². The van der Waals surface area contributed by atoms with E-state index < -0.39 is 20.4 Å². The summed E-state index contributed by atoms with van der Waals surface area (Å²) < 4.78 is 42.6. The Hall–Kier alpha value is -3.22. The second-order valence-electron chi connectivity index (χ2n) is 7.26. The van der Waals surface area contributed by atoms with Crippen LogP contribution in [0.25, 0.3) is 0 Å². The van der Waals surface area contributed by atoms with Crippen LogP contribution < -0.4 is 14.8 Å². The van der Waals surface area contributed by atoms with E-state index in [2.05, 4.69) is 15.5 Å². The Morgan fingerprint density at radius 1 is 0.889 bits per heavy atom. The lowest BCUT2D eigenvalue weighted by Gasteiger charge is -2.13. The fourth-order valence-corrected chi connectivity index (χ4v) is 4.61. The van der Waals surface area contributed by atoms with Crippen molar-refractivity contribution in [3.63, 3.8) is 0 Å². The fraction of sp³-hybridized carbons (Fsp3) is 0.0870. The Labute approximate surface area is 220 Å². The Kier molecular flexibility index (Phi) is 8.07. The van der Waals surface area contributed by atoms with E-state index in [0.717, 1.165) is 11.1 Å². The molecule has 0 bridgehead atoms. The highest BCUT2D eigenvalue weighted by Gasteiger charge is 2.19. The molecule has 4 aromatic rings. The Balaban J connectivity index is 1.57. The van der Waals surface area contributed by atoms with E-state index in [1.165, 1.54) is 12.1 Å². The van der Waals surface area contributed by atoms with Gasteiger partial charge in [0.1, 0.15) is 24.7 Å². The summed E-state index contributed by atoms with van der Waals surface area (Å²) in [6, 6.07) is 19.0. The molecule has 9 nitrogen and oxygen atoms in total. The standard InChI is InChI=1S/C23H17Cl2N3O6S2/c24-19-7-3-1-5-14(19)12-33-17-9-16(21(29)26-22-27-28-23(35-22)36(30,31)32)10-18(11-17)34-13-15-6-2-4-8-20(15)25/h1-11H,12-13H2,(H,26,27,29)(H,30,31,32). The molecule has 0 aliphatic carbocycles. The van der Waals surface area contributed by atoms with E-state index in [0.29, 0.717) is 32.9 Å². The summed E-state index contributed by atoms with van der Waals surface area (Å²) in [7, 11) is -4.54. The number of nitrogens with zero attached hydrogens (tertiary/aromatic N) is 2. The van der Waals surface area contributed by atoms with Crippen LogP contribution in [0.1, 0.15) is 21.5 Å². The summed E-state index contributed by atoms with van der Waals surface area (Å²) in [5, 5.41) is 10.3. The van der Waals surface area contributed by atoms with E-state index in [9.17, 15) is 13.2 Å². The van der Waals surface area contributed by atoms with Gasteiger partial charge in [0, 0.05) is 32.8 Å². The van der Waals surface area contributed by atoms with Gasteiger partial charge in [-0.3, -0.25) is 14.7 Å². The zero-order valence-electron chi connectivity index (χ0n) is 18.2. The first kappa shape index (κ1) is 25.9. The Morgan fingerprint density at radius 3 is 1.89 bits per heavy atom. The average Bonchev–Trinajstić information content (AvgIpc) is 3.32. The monoisotopic (exact) mass is 565 g/mol. The van der Waals surface area contributed by atoms with E-state index in [-0.39, 0.29) is 23.9 Å². The minimum absolute atomic E-state index is 0.117. The molecule has 36 heavy (non-hydrogen) atoms. The van der Waals surface area contributed by atoms with Crippen molar-refractivity contribution in [3.05, 3.63) is 93.5 Å². The number of amides is 1. The van der Waals surface area contributed by atoms with Crippen molar-refractivity contribution in [2.45, 2.75) is 17.6 Å². The summed E-state index contributed by atoms with van der Waals surface area (Å²) in [6.45, 7) is 0.283. The highest BCUT2D eigenvalue weighted by Crippen LogP contribution is 2.28. The number of hydrogen-bond acceptors (Lipinski definition) is 8. The number of carbonyl (C=O) groups excluding carboxylic acids is 1. The molecule has 0 spiro atoms. The SMILES string of the molecule is O=C(Nc1nnc(S(=O)(=O)O)s1)c1cc(OCc2ccccc2Cl)cc(OCc2ccccc2Cl)c1. The Bertz CT molecular complexity index is 1440. The van der Waals surface area contributed by atoms with Gasteiger partial charge < -0.3 is 9.47 Å². The molecular formula is C23H17Cl2N3O6S2. The molecule has 2 N–H and O–H groups in total. The van der Waals surface area contributed by atoms with Crippen molar-refractivity contribution >= 4 is 55.7 Å². The molecule has 3 aromatic carbocycles. The van der Waals surface area contributed by atoms with Gasteiger partial charge in [-0.25, -0.2) is 0 Å². The molecule has 1 heterocycles. The predicted molar refractivity (Wildman–Crippen MR) is 136 cm³/mol. The lowest BCUT2D eigenvalue weighted by Crippen LogP contribution is -2.12. The van der Waals surface area contributed by atoms with Gasteiger partial charge >= 0.3 is 10.1 Å². The second-order valence-corrected chi connectivity index (χ2v) is 10.6. The molecule has 0 unspecified atom stereocenters. The number of carbonyl (C=O) groups is 1. The maximum Gasteiger partial charge on any atom is 0.324 e. The molecule has 0 aliphatic rings. The molecule has 0 radical (unpaired) electrons. The van der Waals surface area contributed by atoms with Crippen LogP contribution in [0.2, 0.25) is 10.0 Å². The second kappa shape index (κ2) is 11.2. The van der Waals surface area contributed by atoms with Crippen LogP contribution in [0.5, 0.6) is 11.5 Å². The number of nitrogens with one attached hydrogen (secondary N) is 1. The van der Waals surface area contributed by atoms with E-state index in [1.54, 1.807) is 30.3 Å². The largest absolute Gasteiger partial charge is 0.489 e. The lowest BCUT2D eigenvalue weighted by atomic mass is 10.2. The molecule has 0 saturated carbocycles. The molecule has 4 rings (SSSR count). The molecular weight excluding hydrogens is 549 g/mol. The van der Waals surface area contributed by atoms with Crippen LogP contribution in [-0.2, 0) is 23.3 Å². The van der Waals surface area contributed by atoms with Crippen molar-refractivity contribution in [2.24, 2.45) is 0 Å². The van der Waals surface area contributed by atoms with Gasteiger partial charge in [-0.15, -0.1) is 10.2 Å². The third kappa shape index (κ3) is 6.71. The first-order valence-electron chi connectivity index (χ1n) is 10.2. The van der Waals surface area contributed by atoms with Crippen LogP contribution in [0, 0.1) is 0 Å². The Morgan fingerprint density at radius 2 is 1.42 bits per heavy atom. The van der Waals surface area contributed by atoms with E-state index >= 15 is 0 Å². The zero-order chi connectivity index (χ0) is 25.7. The van der Waals surface area contributed by atoms with Gasteiger partial charge in [-0.2, -0.15) is 8.42 Å². The third-order valence-electron chi connectivity index (χ3n) is 4.69. The molecule has 1 aromatic heterocycles. The van der Waals surface area contributed by atoms with Crippen molar-refractivity contribution in [1.82, 2.24) is 10.2 Å². The molecule has 0 atom stereocenters. The maximum atomic E-state index is 12.9. The lowest BCUT2D eigenvalue weighted by molar-refractivity contribution is 0.102. The number of hydrogen-bond donors (Lipinski definition) is 2. The smallest absolute Gasteiger partial charge is 0.324 e. The van der Waals surface area contributed by atoms with Crippen LogP contribution in [0.15, 0.2) is 71.1 Å². The van der Waals surface area contributed by atoms with Gasteiger partial charge in [0.15, 0.2) is 0 Å². The van der Waals surface area contributed by atoms with Gasteiger partial charge in [0.05, 0.1) is 0 Å². The molecule has 0 saturated heterocycles. The number of halogens is 2. The molecule has 13 heteroatoms. The summed E-state index contributed by atoms with van der Waals surface area (Å²) in [6.07, 6.45) is 0. The quantitative estimate of drug-likeness (QED) is 0.201. The zero-order valence-corrected chi connectivity index (χ0v) is 21.4. The topological polar surface area (TPSA) is 128 Å². The highest BCUT2D eigenvalue weighted by atomic mass is 35.5. The van der Waals surface area contributed by atoms with E-state index in [1.807, 2.05) is 24.3 Å². The predicted octanol–water partition coefficient (Wildman–Crippen LogP) is 5.50. The summed E-state index contributed by atoms with van der Waals surface area (Å²) >= 11 is 12.9. The van der Waals surface area contributed by atoms with Crippen LogP contribution >= 0.6 is 34.5 Å². The molecule has 186 valence electrons. The number of rotatable bonds is 9. The third-order valence-corrected chi connectivity index (χ3v) is 7.47.